The molecular formula is C21H26F3N5O3. The lowest BCUT2D eigenvalue weighted by atomic mass is 9.92. The van der Waals surface area contributed by atoms with E-state index in [2.05, 4.69) is 15.5 Å². The molecular weight excluding hydrogens is 427 g/mol. The number of rotatable bonds is 5. The molecule has 8 nitrogen and oxygen atoms in total. The average molecular weight is 453 g/mol. The minimum absolute atomic E-state index is 0.0110. The van der Waals surface area contributed by atoms with Gasteiger partial charge in [0.1, 0.15) is 12.2 Å². The minimum Gasteiger partial charge on any atom is -0.338 e. The van der Waals surface area contributed by atoms with Crippen LogP contribution in [0, 0.1) is 5.92 Å². The minimum atomic E-state index is -4.56. The number of urea groups is 1. The molecule has 0 bridgehead atoms. The Hall–Kier alpha value is -3.11. The zero-order valence-electron chi connectivity index (χ0n) is 18.5. The van der Waals surface area contributed by atoms with E-state index < -0.39 is 23.8 Å². The summed E-state index contributed by atoms with van der Waals surface area (Å²) < 4.78 is 43.5. The monoisotopic (exact) mass is 453 g/mol. The molecule has 1 N–H and O–H groups in total. The molecule has 0 spiro atoms. The number of alkyl halides is 3. The second-order valence-electron chi connectivity index (χ2n) is 9.11. The second-order valence-corrected chi connectivity index (χ2v) is 9.11. The van der Waals surface area contributed by atoms with E-state index in [4.69, 9.17) is 4.52 Å². The van der Waals surface area contributed by atoms with Gasteiger partial charge in [0.05, 0.1) is 23.6 Å². The van der Waals surface area contributed by atoms with Crippen LogP contribution in [0.25, 0.3) is 0 Å². The van der Waals surface area contributed by atoms with Gasteiger partial charge in [-0.05, 0) is 18.1 Å². The zero-order valence-corrected chi connectivity index (χ0v) is 18.5. The smallest absolute Gasteiger partial charge is 0.338 e. The van der Waals surface area contributed by atoms with Crippen molar-refractivity contribution in [2.45, 2.75) is 52.3 Å². The number of pyridine rings is 1. The van der Waals surface area contributed by atoms with Crippen molar-refractivity contribution in [3.8, 4) is 0 Å². The van der Waals surface area contributed by atoms with Crippen molar-refractivity contribution in [1.29, 1.82) is 0 Å². The summed E-state index contributed by atoms with van der Waals surface area (Å²) in [5.41, 5.74) is -0.380. The van der Waals surface area contributed by atoms with E-state index in [0.29, 0.717) is 5.69 Å². The Kier molecular flexibility index (Phi) is 6.21. The molecule has 0 aromatic carbocycles. The fourth-order valence-electron chi connectivity index (χ4n) is 3.36. The highest BCUT2D eigenvalue weighted by Crippen LogP contribution is 2.31. The number of hydrogen-bond acceptors (Lipinski definition) is 5. The molecule has 0 radical (unpaired) electrons. The molecule has 1 saturated heterocycles. The predicted molar refractivity (Wildman–Crippen MR) is 111 cm³/mol. The topological polar surface area (TPSA) is 91.6 Å². The van der Waals surface area contributed by atoms with Crippen LogP contribution in [0.1, 0.15) is 46.0 Å². The van der Waals surface area contributed by atoms with Crippen molar-refractivity contribution in [3.05, 3.63) is 35.8 Å². The number of hydrogen-bond donors (Lipinski definition) is 1. The van der Waals surface area contributed by atoms with Crippen LogP contribution in [0.3, 0.4) is 0 Å². The SMILES string of the molecule is CC(C)[C@H]1CN(c2ccc(C(F)(F)F)nc2)C(=O)N1CC(=O)Nc1cc(C(C)(C)C)no1. The maximum Gasteiger partial charge on any atom is 0.433 e. The van der Waals surface area contributed by atoms with Crippen LogP contribution in [-0.2, 0) is 16.4 Å². The van der Waals surface area contributed by atoms with Crippen molar-refractivity contribution in [1.82, 2.24) is 15.0 Å². The summed E-state index contributed by atoms with van der Waals surface area (Å²) in [5, 5.41) is 6.54. The molecule has 0 aliphatic carbocycles. The Morgan fingerprint density at radius 3 is 2.44 bits per heavy atom. The summed E-state index contributed by atoms with van der Waals surface area (Å²) in [7, 11) is 0. The quantitative estimate of drug-likeness (QED) is 0.729. The molecule has 0 unspecified atom stereocenters. The highest BCUT2D eigenvalue weighted by atomic mass is 19.4. The Morgan fingerprint density at radius 1 is 1.25 bits per heavy atom. The molecule has 11 heteroatoms. The summed E-state index contributed by atoms with van der Waals surface area (Å²) in [6.07, 6.45) is -3.55. The third-order valence-corrected chi connectivity index (χ3v) is 5.22. The van der Waals surface area contributed by atoms with E-state index >= 15 is 0 Å². The van der Waals surface area contributed by atoms with Crippen LogP contribution < -0.4 is 10.2 Å². The van der Waals surface area contributed by atoms with Gasteiger partial charge in [-0.1, -0.05) is 39.8 Å². The summed E-state index contributed by atoms with van der Waals surface area (Å²) in [6, 6.07) is 2.88. The maximum absolute atomic E-state index is 13.0. The Labute approximate surface area is 183 Å². The number of carbonyl (C=O) groups is 2. The van der Waals surface area contributed by atoms with Crippen molar-refractivity contribution in [2.75, 3.05) is 23.3 Å². The molecule has 1 aliphatic heterocycles. The molecule has 2 aromatic heterocycles. The fourth-order valence-corrected chi connectivity index (χ4v) is 3.36. The van der Waals surface area contributed by atoms with E-state index in [1.54, 1.807) is 6.07 Å². The van der Waals surface area contributed by atoms with Crippen LogP contribution in [0.4, 0.5) is 29.5 Å². The van der Waals surface area contributed by atoms with E-state index in [-0.39, 0.29) is 42.0 Å². The van der Waals surface area contributed by atoms with Crippen molar-refractivity contribution in [3.63, 3.8) is 0 Å². The molecule has 1 aliphatic rings. The number of nitrogens with zero attached hydrogens (tertiary/aromatic N) is 4. The number of carbonyl (C=O) groups excluding carboxylic acids is 2. The van der Waals surface area contributed by atoms with Crippen LogP contribution in [0.15, 0.2) is 28.9 Å². The fraction of sp³-hybridized carbons (Fsp3) is 0.524. The van der Waals surface area contributed by atoms with Crippen LogP contribution in [0.5, 0.6) is 0 Å². The lowest BCUT2D eigenvalue weighted by molar-refractivity contribution is -0.141. The first kappa shape index (κ1) is 23.6. The Bertz CT molecular complexity index is 980. The number of aromatic nitrogens is 2. The first-order chi connectivity index (χ1) is 14.8. The number of nitrogens with one attached hydrogen (secondary N) is 1. The van der Waals surface area contributed by atoms with Crippen molar-refractivity contribution >= 4 is 23.5 Å². The molecule has 3 rings (SSSR count). The van der Waals surface area contributed by atoms with E-state index in [1.807, 2.05) is 34.6 Å². The number of amides is 3. The van der Waals surface area contributed by atoms with Crippen molar-refractivity contribution in [2.24, 2.45) is 5.92 Å². The summed E-state index contributed by atoms with van der Waals surface area (Å²) in [6.45, 7) is 9.67. The van der Waals surface area contributed by atoms with Crippen LogP contribution in [0.2, 0.25) is 0 Å². The van der Waals surface area contributed by atoms with Gasteiger partial charge in [0.15, 0.2) is 0 Å². The molecule has 174 valence electrons. The van der Waals surface area contributed by atoms with Crippen LogP contribution in [-0.4, -0.2) is 46.1 Å². The van der Waals surface area contributed by atoms with Gasteiger partial charge in [-0.15, -0.1) is 0 Å². The molecule has 3 heterocycles. The molecule has 32 heavy (non-hydrogen) atoms. The second kappa shape index (κ2) is 8.44. The zero-order chi connectivity index (χ0) is 23.8. The third-order valence-electron chi connectivity index (χ3n) is 5.22. The molecule has 1 atom stereocenters. The predicted octanol–water partition coefficient (Wildman–Crippen LogP) is 4.29. The van der Waals surface area contributed by atoms with E-state index in [0.717, 1.165) is 12.3 Å². The third kappa shape index (κ3) is 5.03. The van der Waals surface area contributed by atoms with Gasteiger partial charge in [0.2, 0.25) is 11.8 Å². The lowest BCUT2D eigenvalue weighted by Gasteiger charge is -2.25. The molecule has 3 amide bonds. The largest absolute Gasteiger partial charge is 0.433 e. The van der Waals surface area contributed by atoms with E-state index in [1.165, 1.54) is 15.9 Å². The highest BCUT2D eigenvalue weighted by molar-refractivity contribution is 5.99. The van der Waals surface area contributed by atoms with Gasteiger partial charge >= 0.3 is 12.2 Å². The summed E-state index contributed by atoms with van der Waals surface area (Å²) >= 11 is 0. The van der Waals surface area contributed by atoms with Gasteiger partial charge in [0.25, 0.3) is 0 Å². The maximum atomic E-state index is 13.0. The van der Waals surface area contributed by atoms with Crippen molar-refractivity contribution < 1.29 is 27.3 Å². The van der Waals surface area contributed by atoms with Gasteiger partial charge < -0.3 is 9.42 Å². The first-order valence-corrected chi connectivity index (χ1v) is 10.2. The van der Waals surface area contributed by atoms with Gasteiger partial charge in [-0.3, -0.25) is 15.0 Å². The van der Waals surface area contributed by atoms with Crippen LogP contribution >= 0.6 is 0 Å². The standard InChI is InChI=1S/C21H26F3N5O3/c1-12(2)14-10-28(13-6-7-15(25-9-13)21(22,23)24)19(31)29(14)11-17(30)26-18-8-16(27-32-18)20(3,4)5/h6-9,12,14H,10-11H2,1-5H3,(H,26,30)/t14-/m1/s1. The van der Waals surface area contributed by atoms with Gasteiger partial charge in [-0.2, -0.15) is 13.2 Å². The Morgan fingerprint density at radius 2 is 1.94 bits per heavy atom. The molecule has 1 fully saturated rings. The molecule has 0 saturated carbocycles. The Balaban J connectivity index is 1.73. The normalized spacial score (nSPS) is 17.4. The van der Waals surface area contributed by atoms with Gasteiger partial charge in [0, 0.05) is 18.0 Å². The average Bonchev–Trinajstić information content (AvgIpc) is 3.27. The lowest BCUT2D eigenvalue weighted by Crippen LogP contribution is -2.42. The van der Waals surface area contributed by atoms with Gasteiger partial charge in [-0.25, -0.2) is 9.78 Å². The number of halogens is 3. The van der Waals surface area contributed by atoms with E-state index in [9.17, 15) is 22.8 Å². The summed E-state index contributed by atoms with van der Waals surface area (Å²) in [4.78, 5) is 31.8. The first-order valence-electron chi connectivity index (χ1n) is 10.2. The molecule has 2 aromatic rings. The number of anilines is 2. The highest BCUT2D eigenvalue weighted by Gasteiger charge is 2.41. The summed E-state index contributed by atoms with van der Waals surface area (Å²) in [5.74, 6) is -0.276.